The number of nitrogens with zero attached hydrogens (tertiary/aromatic N) is 3. The number of sulfonamides is 1. The smallest absolute Gasteiger partial charge is 0.229 e. The molecule has 146 valence electrons. The molecule has 0 unspecified atom stereocenters. The number of amides is 1. The van der Waals surface area contributed by atoms with Crippen molar-refractivity contribution in [2.75, 3.05) is 24.7 Å². The van der Waals surface area contributed by atoms with E-state index in [0.29, 0.717) is 36.1 Å². The maximum absolute atomic E-state index is 12.4. The van der Waals surface area contributed by atoms with E-state index in [1.807, 2.05) is 24.3 Å². The Morgan fingerprint density at radius 2 is 1.96 bits per heavy atom. The van der Waals surface area contributed by atoms with Crippen LogP contribution in [0.2, 0.25) is 5.02 Å². The number of hydrogen-bond acceptors (Lipinski definition) is 7. The van der Waals surface area contributed by atoms with Gasteiger partial charge < -0.3 is 5.32 Å². The molecule has 2 heterocycles. The molecule has 3 rings (SSSR count). The van der Waals surface area contributed by atoms with E-state index in [1.165, 1.54) is 21.9 Å². The average molecular weight is 447 g/mol. The molecule has 1 aliphatic heterocycles. The van der Waals surface area contributed by atoms with Crippen molar-refractivity contribution in [3.8, 4) is 0 Å². The Labute approximate surface area is 171 Å². The number of thioether (sulfide) groups is 1. The van der Waals surface area contributed by atoms with Gasteiger partial charge in [0.05, 0.1) is 6.26 Å². The Morgan fingerprint density at radius 1 is 1.30 bits per heavy atom. The van der Waals surface area contributed by atoms with Crippen molar-refractivity contribution < 1.29 is 13.2 Å². The molecule has 1 amide bonds. The van der Waals surface area contributed by atoms with Crippen LogP contribution in [0.3, 0.4) is 0 Å². The Kier molecular flexibility index (Phi) is 6.74. The summed E-state index contributed by atoms with van der Waals surface area (Å²) in [7, 11) is -3.19. The SMILES string of the molecule is CS(=O)(=O)N1CCC(C(=O)Nc2nnc(SCc3ccc(Cl)cc3)s2)CC1. The van der Waals surface area contributed by atoms with E-state index in [9.17, 15) is 13.2 Å². The van der Waals surface area contributed by atoms with Crippen molar-refractivity contribution in [3.05, 3.63) is 34.9 Å². The maximum Gasteiger partial charge on any atom is 0.229 e. The van der Waals surface area contributed by atoms with Gasteiger partial charge in [0.15, 0.2) is 4.34 Å². The minimum atomic E-state index is -3.19. The summed E-state index contributed by atoms with van der Waals surface area (Å²) in [6, 6.07) is 7.61. The molecule has 1 N–H and O–H groups in total. The molecule has 0 atom stereocenters. The second-order valence-corrected chi connectivity index (χ2v) is 10.8. The lowest BCUT2D eigenvalue weighted by atomic mass is 9.97. The standard InChI is InChI=1S/C16H19ClN4O3S3/c1-27(23,24)21-8-6-12(7-9-21)14(22)18-15-19-20-16(26-15)25-10-11-2-4-13(17)5-3-11/h2-5,12H,6-10H2,1H3,(H,18,19,22). The highest BCUT2D eigenvalue weighted by Crippen LogP contribution is 2.29. The summed E-state index contributed by atoms with van der Waals surface area (Å²) >= 11 is 8.75. The summed E-state index contributed by atoms with van der Waals surface area (Å²) in [6.45, 7) is 0.741. The van der Waals surface area contributed by atoms with Crippen LogP contribution in [-0.2, 0) is 20.6 Å². The lowest BCUT2D eigenvalue weighted by Gasteiger charge is -2.29. The summed E-state index contributed by atoms with van der Waals surface area (Å²) in [5, 5.41) is 12.1. The number of hydrogen-bond donors (Lipinski definition) is 1. The predicted molar refractivity (Wildman–Crippen MR) is 109 cm³/mol. The Balaban J connectivity index is 1.49. The lowest BCUT2D eigenvalue weighted by molar-refractivity contribution is -0.120. The minimum Gasteiger partial charge on any atom is -0.300 e. The fourth-order valence-electron chi connectivity index (χ4n) is 2.70. The Hall–Kier alpha value is -1.20. The van der Waals surface area contributed by atoms with Crippen LogP contribution >= 0.6 is 34.7 Å². The van der Waals surface area contributed by atoms with Crippen molar-refractivity contribution in [1.82, 2.24) is 14.5 Å². The molecule has 1 fully saturated rings. The quantitative estimate of drug-likeness (QED) is 0.541. The number of carbonyl (C=O) groups excluding carboxylic acids is 1. The summed E-state index contributed by atoms with van der Waals surface area (Å²) in [6.07, 6.45) is 2.21. The van der Waals surface area contributed by atoms with E-state index in [0.717, 1.165) is 15.7 Å². The number of carbonyl (C=O) groups is 1. The van der Waals surface area contributed by atoms with E-state index in [1.54, 1.807) is 11.8 Å². The van der Waals surface area contributed by atoms with Crippen LogP contribution in [-0.4, -0.2) is 48.2 Å². The number of halogens is 1. The highest BCUT2D eigenvalue weighted by atomic mass is 35.5. The molecular formula is C16H19ClN4O3S3. The third-order valence-corrected chi connectivity index (χ3v) is 7.80. The van der Waals surface area contributed by atoms with Gasteiger partial charge >= 0.3 is 0 Å². The second kappa shape index (κ2) is 8.87. The highest BCUT2D eigenvalue weighted by Gasteiger charge is 2.29. The van der Waals surface area contributed by atoms with E-state index >= 15 is 0 Å². The van der Waals surface area contributed by atoms with Crippen LogP contribution in [0.1, 0.15) is 18.4 Å². The first-order valence-electron chi connectivity index (χ1n) is 8.28. The molecule has 2 aromatic rings. The van der Waals surface area contributed by atoms with Crippen LogP contribution < -0.4 is 5.32 Å². The first-order valence-corrected chi connectivity index (χ1v) is 12.3. The van der Waals surface area contributed by atoms with Gasteiger partial charge in [0.1, 0.15) is 0 Å². The number of aromatic nitrogens is 2. The van der Waals surface area contributed by atoms with Gasteiger partial charge in [0, 0.05) is 29.8 Å². The van der Waals surface area contributed by atoms with Crippen molar-refractivity contribution in [3.63, 3.8) is 0 Å². The van der Waals surface area contributed by atoms with E-state index in [4.69, 9.17) is 11.6 Å². The Morgan fingerprint density at radius 3 is 2.59 bits per heavy atom. The summed E-state index contributed by atoms with van der Waals surface area (Å²) < 4.78 is 25.3. The first-order chi connectivity index (χ1) is 12.8. The lowest BCUT2D eigenvalue weighted by Crippen LogP contribution is -2.40. The molecule has 11 heteroatoms. The Bertz CT molecular complexity index is 894. The fraction of sp³-hybridized carbons (Fsp3) is 0.438. The van der Waals surface area contributed by atoms with Crippen molar-refractivity contribution in [2.45, 2.75) is 22.9 Å². The maximum atomic E-state index is 12.4. The third-order valence-electron chi connectivity index (χ3n) is 4.21. The predicted octanol–water partition coefficient (Wildman–Crippen LogP) is 3.09. The van der Waals surface area contributed by atoms with Crippen LogP contribution in [0.5, 0.6) is 0 Å². The molecular weight excluding hydrogens is 428 g/mol. The van der Waals surface area contributed by atoms with Gasteiger partial charge in [-0.3, -0.25) is 4.79 Å². The molecule has 0 spiro atoms. The monoisotopic (exact) mass is 446 g/mol. The van der Waals surface area contributed by atoms with Gasteiger partial charge in [-0.15, -0.1) is 10.2 Å². The van der Waals surface area contributed by atoms with E-state index < -0.39 is 10.0 Å². The number of piperidine rings is 1. The second-order valence-electron chi connectivity index (χ2n) is 6.21. The topological polar surface area (TPSA) is 92.3 Å². The molecule has 1 aromatic heterocycles. The largest absolute Gasteiger partial charge is 0.300 e. The van der Waals surface area contributed by atoms with Crippen LogP contribution in [0.25, 0.3) is 0 Å². The zero-order valence-electron chi connectivity index (χ0n) is 14.6. The number of anilines is 1. The molecule has 0 bridgehead atoms. The molecule has 1 saturated heterocycles. The van der Waals surface area contributed by atoms with Crippen molar-refractivity contribution in [2.24, 2.45) is 5.92 Å². The minimum absolute atomic E-state index is 0.131. The van der Waals surface area contributed by atoms with Gasteiger partial charge in [-0.05, 0) is 30.5 Å². The zero-order valence-corrected chi connectivity index (χ0v) is 17.8. The highest BCUT2D eigenvalue weighted by molar-refractivity contribution is 8.00. The summed E-state index contributed by atoms with van der Waals surface area (Å²) in [4.78, 5) is 12.4. The summed E-state index contributed by atoms with van der Waals surface area (Å²) in [5.41, 5.74) is 1.13. The molecule has 7 nitrogen and oxygen atoms in total. The normalized spacial score (nSPS) is 16.4. The molecule has 1 aliphatic rings. The van der Waals surface area contributed by atoms with E-state index in [-0.39, 0.29) is 11.8 Å². The first kappa shape index (κ1) is 20.5. The molecule has 0 radical (unpaired) electrons. The number of nitrogens with one attached hydrogen (secondary N) is 1. The van der Waals surface area contributed by atoms with Crippen LogP contribution in [0, 0.1) is 5.92 Å². The average Bonchev–Trinajstić information content (AvgIpc) is 3.08. The van der Waals surface area contributed by atoms with Crippen LogP contribution in [0.4, 0.5) is 5.13 Å². The van der Waals surface area contributed by atoms with Gasteiger partial charge in [-0.2, -0.15) is 0 Å². The van der Waals surface area contributed by atoms with Crippen molar-refractivity contribution in [1.29, 1.82) is 0 Å². The van der Waals surface area contributed by atoms with E-state index in [2.05, 4.69) is 15.5 Å². The molecule has 1 aromatic carbocycles. The van der Waals surface area contributed by atoms with Crippen molar-refractivity contribution >= 4 is 55.8 Å². The van der Waals surface area contributed by atoms with Gasteiger partial charge in [0.25, 0.3) is 0 Å². The third kappa shape index (κ3) is 5.89. The zero-order chi connectivity index (χ0) is 19.4. The molecule has 0 saturated carbocycles. The van der Waals surface area contributed by atoms with Crippen LogP contribution in [0.15, 0.2) is 28.6 Å². The van der Waals surface area contributed by atoms with Gasteiger partial charge in [-0.25, -0.2) is 12.7 Å². The summed E-state index contributed by atoms with van der Waals surface area (Å²) in [5.74, 6) is 0.398. The number of benzene rings is 1. The molecule has 27 heavy (non-hydrogen) atoms. The number of rotatable bonds is 6. The fourth-order valence-corrected chi connectivity index (χ4v) is 5.41. The van der Waals surface area contributed by atoms with Gasteiger partial charge in [0.2, 0.25) is 21.1 Å². The van der Waals surface area contributed by atoms with Gasteiger partial charge in [-0.1, -0.05) is 46.8 Å². The molecule has 0 aliphatic carbocycles.